The van der Waals surface area contributed by atoms with Crippen LogP contribution in [0.1, 0.15) is 25.3 Å². The Morgan fingerprint density at radius 2 is 2.50 bits per heavy atom. The van der Waals surface area contributed by atoms with Crippen molar-refractivity contribution in [2.75, 3.05) is 26.1 Å². The average molecular weight is 300 g/mol. The predicted molar refractivity (Wildman–Crippen MR) is 74.5 cm³/mol. The zero-order valence-corrected chi connectivity index (χ0v) is 12.3. The summed E-state index contributed by atoms with van der Waals surface area (Å²) in [5.41, 5.74) is 0. The summed E-state index contributed by atoms with van der Waals surface area (Å²) in [6, 6.07) is 0.352. The van der Waals surface area contributed by atoms with E-state index in [-0.39, 0.29) is 24.3 Å². The molecule has 1 aromatic heterocycles. The fourth-order valence-electron chi connectivity index (χ4n) is 1.89. The van der Waals surface area contributed by atoms with E-state index in [0.717, 1.165) is 18.0 Å². The fraction of sp³-hybridized carbons (Fsp3) is 0.750. The molecule has 0 bridgehead atoms. The third-order valence-electron chi connectivity index (χ3n) is 3.02. The van der Waals surface area contributed by atoms with Crippen molar-refractivity contribution in [1.29, 1.82) is 0 Å². The first kappa shape index (κ1) is 15.3. The van der Waals surface area contributed by atoms with Crippen molar-refractivity contribution in [2.24, 2.45) is 0 Å². The van der Waals surface area contributed by atoms with Gasteiger partial charge in [-0.3, -0.25) is 4.79 Å². The Balaban J connectivity index is 1.77. The average Bonchev–Trinajstić information content (AvgIpc) is 3.16. The number of aliphatic hydroxyl groups is 1. The third-order valence-corrected chi connectivity index (χ3v) is 3.98. The molecule has 1 aromatic rings. The SMILES string of the molecule is COCC(CCO)NC(=O)CSc1nncn1C1CC1. The number of rotatable bonds is 9. The molecular weight excluding hydrogens is 280 g/mol. The second-order valence-corrected chi connectivity index (χ2v) is 5.72. The van der Waals surface area contributed by atoms with Crippen LogP contribution in [-0.2, 0) is 9.53 Å². The topological polar surface area (TPSA) is 89.3 Å². The summed E-state index contributed by atoms with van der Waals surface area (Å²) in [6.07, 6.45) is 4.52. The molecule has 1 fully saturated rings. The van der Waals surface area contributed by atoms with Gasteiger partial charge in [-0.25, -0.2) is 0 Å². The molecule has 0 aromatic carbocycles. The Hall–Kier alpha value is -1.12. The summed E-state index contributed by atoms with van der Waals surface area (Å²) in [4.78, 5) is 11.9. The summed E-state index contributed by atoms with van der Waals surface area (Å²) >= 11 is 1.38. The Morgan fingerprint density at radius 1 is 1.70 bits per heavy atom. The van der Waals surface area contributed by atoms with Gasteiger partial charge in [-0.2, -0.15) is 0 Å². The number of carbonyl (C=O) groups is 1. The summed E-state index contributed by atoms with van der Waals surface area (Å²) in [5, 5.41) is 20.5. The van der Waals surface area contributed by atoms with Crippen LogP contribution in [0.5, 0.6) is 0 Å². The fourth-order valence-corrected chi connectivity index (χ4v) is 2.69. The molecule has 1 amide bonds. The monoisotopic (exact) mass is 300 g/mol. The molecule has 1 atom stereocenters. The molecule has 0 spiro atoms. The lowest BCUT2D eigenvalue weighted by Gasteiger charge is -2.16. The largest absolute Gasteiger partial charge is 0.396 e. The van der Waals surface area contributed by atoms with Crippen LogP contribution in [0.4, 0.5) is 0 Å². The molecule has 2 N–H and O–H groups in total. The van der Waals surface area contributed by atoms with Crippen LogP contribution in [0.25, 0.3) is 0 Å². The second kappa shape index (κ2) is 7.61. The van der Waals surface area contributed by atoms with Gasteiger partial charge >= 0.3 is 0 Å². The second-order valence-electron chi connectivity index (χ2n) is 4.77. The molecule has 1 aliphatic carbocycles. The number of nitrogens with one attached hydrogen (secondary N) is 1. The Labute approximate surface area is 122 Å². The molecule has 112 valence electrons. The van der Waals surface area contributed by atoms with E-state index in [2.05, 4.69) is 15.5 Å². The van der Waals surface area contributed by atoms with Crippen LogP contribution in [0.3, 0.4) is 0 Å². The van der Waals surface area contributed by atoms with Crippen LogP contribution in [0.15, 0.2) is 11.5 Å². The van der Waals surface area contributed by atoms with E-state index in [9.17, 15) is 4.79 Å². The molecule has 0 saturated heterocycles. The molecule has 1 heterocycles. The minimum Gasteiger partial charge on any atom is -0.396 e. The Bertz CT molecular complexity index is 430. The van der Waals surface area contributed by atoms with Gasteiger partial charge in [0, 0.05) is 19.8 Å². The molecular formula is C12H20N4O3S. The lowest BCUT2D eigenvalue weighted by atomic mass is 10.2. The number of ether oxygens (including phenoxy) is 1. The standard InChI is InChI=1S/C12H20N4O3S/c1-19-6-9(4-5-17)14-11(18)7-20-12-15-13-8-16(12)10-2-3-10/h8-10,17H,2-7H2,1H3,(H,14,18). The van der Waals surface area contributed by atoms with Crippen molar-refractivity contribution >= 4 is 17.7 Å². The molecule has 1 saturated carbocycles. The Kier molecular flexibility index (Phi) is 5.81. The first-order chi connectivity index (χ1) is 9.74. The first-order valence-corrected chi connectivity index (χ1v) is 7.64. The minimum absolute atomic E-state index is 0.0253. The number of hydrogen-bond donors (Lipinski definition) is 2. The highest BCUT2D eigenvalue weighted by molar-refractivity contribution is 7.99. The van der Waals surface area contributed by atoms with Gasteiger partial charge in [-0.1, -0.05) is 11.8 Å². The zero-order valence-electron chi connectivity index (χ0n) is 11.5. The van der Waals surface area contributed by atoms with Gasteiger partial charge in [0.15, 0.2) is 5.16 Å². The van der Waals surface area contributed by atoms with Gasteiger partial charge in [-0.05, 0) is 19.3 Å². The predicted octanol–water partition coefficient (Wildman–Crippen LogP) is 0.219. The van der Waals surface area contributed by atoms with Crippen molar-refractivity contribution in [1.82, 2.24) is 20.1 Å². The number of amides is 1. The molecule has 8 heteroatoms. The van der Waals surface area contributed by atoms with Gasteiger partial charge in [-0.15, -0.1) is 10.2 Å². The van der Waals surface area contributed by atoms with E-state index in [1.807, 2.05) is 4.57 Å². The summed E-state index contributed by atoms with van der Waals surface area (Å²) < 4.78 is 7.03. The lowest BCUT2D eigenvalue weighted by Crippen LogP contribution is -2.39. The number of nitrogens with zero attached hydrogens (tertiary/aromatic N) is 3. The first-order valence-electron chi connectivity index (χ1n) is 6.66. The highest BCUT2D eigenvalue weighted by Gasteiger charge is 2.26. The maximum absolute atomic E-state index is 11.9. The summed E-state index contributed by atoms with van der Waals surface area (Å²) in [6.45, 7) is 0.423. The van der Waals surface area contributed by atoms with E-state index in [1.165, 1.54) is 11.8 Å². The van der Waals surface area contributed by atoms with E-state index in [4.69, 9.17) is 9.84 Å². The van der Waals surface area contributed by atoms with E-state index in [0.29, 0.717) is 19.1 Å². The number of hydrogen-bond acceptors (Lipinski definition) is 6. The number of thioether (sulfide) groups is 1. The van der Waals surface area contributed by atoms with Gasteiger partial charge < -0.3 is 19.7 Å². The highest BCUT2D eigenvalue weighted by atomic mass is 32.2. The molecule has 20 heavy (non-hydrogen) atoms. The van der Waals surface area contributed by atoms with Crippen molar-refractivity contribution in [3.05, 3.63) is 6.33 Å². The van der Waals surface area contributed by atoms with Crippen molar-refractivity contribution in [3.63, 3.8) is 0 Å². The van der Waals surface area contributed by atoms with Gasteiger partial charge in [0.2, 0.25) is 5.91 Å². The number of carbonyl (C=O) groups excluding carboxylic acids is 1. The van der Waals surface area contributed by atoms with E-state index < -0.39 is 0 Å². The number of aliphatic hydroxyl groups excluding tert-OH is 1. The van der Waals surface area contributed by atoms with E-state index in [1.54, 1.807) is 13.4 Å². The Morgan fingerprint density at radius 3 is 3.15 bits per heavy atom. The smallest absolute Gasteiger partial charge is 0.230 e. The summed E-state index contributed by atoms with van der Waals surface area (Å²) in [5.74, 6) is 0.202. The summed E-state index contributed by atoms with van der Waals surface area (Å²) in [7, 11) is 1.57. The van der Waals surface area contributed by atoms with Crippen molar-refractivity contribution in [3.8, 4) is 0 Å². The normalized spacial score (nSPS) is 16.1. The molecule has 2 rings (SSSR count). The van der Waals surface area contributed by atoms with Crippen LogP contribution in [-0.4, -0.2) is 57.9 Å². The molecule has 0 radical (unpaired) electrons. The van der Waals surface area contributed by atoms with E-state index >= 15 is 0 Å². The maximum Gasteiger partial charge on any atom is 0.230 e. The van der Waals surface area contributed by atoms with Crippen LogP contribution >= 0.6 is 11.8 Å². The van der Waals surface area contributed by atoms with Gasteiger partial charge in [0.1, 0.15) is 6.33 Å². The van der Waals surface area contributed by atoms with Crippen molar-refractivity contribution in [2.45, 2.75) is 36.5 Å². The van der Waals surface area contributed by atoms with Crippen LogP contribution < -0.4 is 5.32 Å². The molecule has 1 unspecified atom stereocenters. The number of aromatic nitrogens is 3. The van der Waals surface area contributed by atoms with Gasteiger partial charge in [0.25, 0.3) is 0 Å². The highest BCUT2D eigenvalue weighted by Crippen LogP contribution is 2.37. The number of methoxy groups -OCH3 is 1. The van der Waals surface area contributed by atoms with Crippen LogP contribution in [0, 0.1) is 0 Å². The zero-order chi connectivity index (χ0) is 14.4. The minimum atomic E-state index is -0.153. The molecule has 1 aliphatic rings. The van der Waals surface area contributed by atoms with Crippen molar-refractivity contribution < 1.29 is 14.6 Å². The molecule has 7 nitrogen and oxygen atoms in total. The quantitative estimate of drug-likeness (QED) is 0.634. The maximum atomic E-state index is 11.9. The van der Waals surface area contributed by atoms with Gasteiger partial charge in [0.05, 0.1) is 18.4 Å². The third kappa shape index (κ3) is 4.46. The lowest BCUT2D eigenvalue weighted by molar-refractivity contribution is -0.119. The molecule has 0 aliphatic heterocycles. The van der Waals surface area contributed by atoms with Crippen LogP contribution in [0.2, 0.25) is 0 Å².